The molecule has 0 aliphatic heterocycles. The van der Waals surface area contributed by atoms with Gasteiger partial charge in [0.2, 0.25) is 0 Å². The molecule has 2 N–H and O–H groups in total. The number of anilines is 1. The molecule has 0 aliphatic carbocycles. The summed E-state index contributed by atoms with van der Waals surface area (Å²) in [4.78, 5) is 8.55. The van der Waals surface area contributed by atoms with Crippen LogP contribution in [0.3, 0.4) is 0 Å². The number of rotatable bonds is 6. The Morgan fingerprint density at radius 1 is 1.29 bits per heavy atom. The first kappa shape index (κ1) is 14.2. The lowest BCUT2D eigenvalue weighted by atomic mass is 10.2. The molecule has 1 heterocycles. The smallest absolute Gasteiger partial charge is 0.147 e. The third-order valence-electron chi connectivity index (χ3n) is 2.63. The van der Waals surface area contributed by atoms with Crippen molar-refractivity contribution in [1.82, 2.24) is 9.88 Å². The van der Waals surface area contributed by atoms with Crippen LogP contribution in [-0.2, 0) is 6.54 Å². The number of nitrogens with zero attached hydrogens (tertiary/aromatic N) is 3. The second kappa shape index (κ2) is 6.79. The summed E-state index contributed by atoms with van der Waals surface area (Å²) in [6, 6.07) is 1.86. The Hall–Kier alpha value is -0.840. The van der Waals surface area contributed by atoms with Crippen molar-refractivity contribution >= 4 is 17.4 Å². The van der Waals surface area contributed by atoms with Gasteiger partial charge < -0.3 is 15.5 Å². The largest absolute Gasteiger partial charge is 0.358 e. The van der Waals surface area contributed by atoms with E-state index in [1.807, 2.05) is 13.1 Å². The highest BCUT2D eigenvalue weighted by atomic mass is 35.5. The van der Waals surface area contributed by atoms with Crippen LogP contribution in [0.15, 0.2) is 12.3 Å². The Labute approximate surface area is 108 Å². The minimum absolute atomic E-state index is 0.444. The van der Waals surface area contributed by atoms with Crippen LogP contribution in [0, 0.1) is 0 Å². The maximum Gasteiger partial charge on any atom is 0.147 e. The molecule has 0 radical (unpaired) electrons. The van der Waals surface area contributed by atoms with Crippen molar-refractivity contribution in [3.63, 3.8) is 0 Å². The van der Waals surface area contributed by atoms with E-state index in [0.29, 0.717) is 11.6 Å². The highest BCUT2D eigenvalue weighted by Gasteiger charge is 2.10. The molecule has 17 heavy (non-hydrogen) atoms. The third kappa shape index (κ3) is 4.15. The van der Waals surface area contributed by atoms with Crippen LogP contribution in [-0.4, -0.2) is 44.1 Å². The molecular weight excluding hydrogens is 236 g/mol. The van der Waals surface area contributed by atoms with E-state index in [2.05, 4.69) is 28.9 Å². The zero-order chi connectivity index (χ0) is 12.8. The van der Waals surface area contributed by atoms with Gasteiger partial charge in [-0.15, -0.1) is 0 Å². The zero-order valence-corrected chi connectivity index (χ0v) is 11.5. The summed E-state index contributed by atoms with van der Waals surface area (Å²) in [5.41, 5.74) is 6.56. The lowest BCUT2D eigenvalue weighted by molar-refractivity contribution is 0.401. The second-order valence-corrected chi connectivity index (χ2v) is 4.77. The molecule has 1 rings (SSSR count). The van der Waals surface area contributed by atoms with Crippen molar-refractivity contribution in [2.24, 2.45) is 5.73 Å². The van der Waals surface area contributed by atoms with Crippen molar-refractivity contribution in [3.8, 4) is 0 Å². The quantitative estimate of drug-likeness (QED) is 0.840. The van der Waals surface area contributed by atoms with Crippen LogP contribution in [0.5, 0.6) is 0 Å². The Balaban J connectivity index is 2.65. The molecule has 96 valence electrons. The molecule has 0 atom stereocenters. The molecule has 1 aromatic rings. The fourth-order valence-corrected chi connectivity index (χ4v) is 1.96. The van der Waals surface area contributed by atoms with Gasteiger partial charge in [0.15, 0.2) is 0 Å². The first-order valence-corrected chi connectivity index (χ1v) is 6.13. The molecule has 0 spiro atoms. The second-order valence-electron chi connectivity index (χ2n) is 4.39. The van der Waals surface area contributed by atoms with Crippen LogP contribution in [0.25, 0.3) is 0 Å². The van der Waals surface area contributed by atoms with Crippen molar-refractivity contribution < 1.29 is 0 Å². The predicted molar refractivity (Wildman–Crippen MR) is 73.6 cm³/mol. The Kier molecular flexibility index (Phi) is 5.68. The first-order chi connectivity index (χ1) is 8.06. The van der Waals surface area contributed by atoms with Crippen molar-refractivity contribution in [2.45, 2.75) is 13.0 Å². The normalized spacial score (nSPS) is 10.9. The molecule has 0 bridgehead atoms. The summed E-state index contributed by atoms with van der Waals surface area (Å²) in [6.07, 6.45) is 2.83. The fraction of sp³-hybridized carbons (Fsp3) is 0.583. The molecule has 5 heteroatoms. The lowest BCUT2D eigenvalue weighted by Gasteiger charge is -2.21. The van der Waals surface area contributed by atoms with E-state index in [9.17, 15) is 0 Å². The van der Waals surface area contributed by atoms with Gasteiger partial charge in [0.05, 0.1) is 5.02 Å². The van der Waals surface area contributed by atoms with Crippen LogP contribution in [0.2, 0.25) is 5.02 Å². The van der Waals surface area contributed by atoms with Crippen molar-refractivity contribution in [2.75, 3.05) is 39.1 Å². The van der Waals surface area contributed by atoms with Crippen LogP contribution >= 0.6 is 11.6 Å². The summed E-state index contributed by atoms with van der Waals surface area (Å²) < 4.78 is 0. The lowest BCUT2D eigenvalue weighted by Crippen LogP contribution is -2.24. The highest BCUT2D eigenvalue weighted by Crippen LogP contribution is 2.25. The number of hydrogen-bond donors (Lipinski definition) is 1. The Bertz CT molecular complexity index is 354. The minimum Gasteiger partial charge on any atom is -0.358 e. The van der Waals surface area contributed by atoms with E-state index in [4.69, 9.17) is 17.3 Å². The van der Waals surface area contributed by atoms with Gasteiger partial charge in [-0.3, -0.25) is 0 Å². The van der Waals surface area contributed by atoms with Gasteiger partial charge in [-0.05, 0) is 38.7 Å². The van der Waals surface area contributed by atoms with Crippen molar-refractivity contribution in [3.05, 3.63) is 22.8 Å². The van der Waals surface area contributed by atoms with E-state index >= 15 is 0 Å². The number of hydrogen-bond acceptors (Lipinski definition) is 4. The summed E-state index contributed by atoms with van der Waals surface area (Å²) >= 11 is 6.25. The minimum atomic E-state index is 0.444. The van der Waals surface area contributed by atoms with Gasteiger partial charge in [-0.2, -0.15) is 0 Å². The number of halogens is 1. The molecule has 0 saturated carbocycles. The summed E-state index contributed by atoms with van der Waals surface area (Å²) in [5, 5.41) is 0.669. The number of aromatic nitrogens is 1. The van der Waals surface area contributed by atoms with E-state index < -0.39 is 0 Å². The van der Waals surface area contributed by atoms with Gasteiger partial charge in [-0.25, -0.2) is 4.98 Å². The fourth-order valence-electron chi connectivity index (χ4n) is 1.63. The molecule has 1 aromatic heterocycles. The monoisotopic (exact) mass is 256 g/mol. The van der Waals surface area contributed by atoms with Gasteiger partial charge in [0.25, 0.3) is 0 Å². The van der Waals surface area contributed by atoms with E-state index in [0.717, 1.165) is 30.9 Å². The van der Waals surface area contributed by atoms with Gasteiger partial charge in [-0.1, -0.05) is 11.6 Å². The van der Waals surface area contributed by atoms with Gasteiger partial charge in [0, 0.05) is 26.3 Å². The van der Waals surface area contributed by atoms with Gasteiger partial charge in [0.1, 0.15) is 5.82 Å². The van der Waals surface area contributed by atoms with Crippen LogP contribution in [0.1, 0.15) is 12.0 Å². The molecule has 0 aromatic carbocycles. The standard InChI is InChI=1S/C12H21ClN4/c1-16(2)7-4-8-17(3)12-11(13)10(9-14)5-6-15-12/h5-6H,4,7-9,14H2,1-3H3. The Morgan fingerprint density at radius 2 is 2.00 bits per heavy atom. The van der Waals surface area contributed by atoms with Crippen molar-refractivity contribution in [1.29, 1.82) is 0 Å². The maximum absolute atomic E-state index is 6.25. The third-order valence-corrected chi connectivity index (χ3v) is 3.04. The molecule has 0 fully saturated rings. The molecule has 4 nitrogen and oxygen atoms in total. The molecule has 0 aliphatic rings. The first-order valence-electron chi connectivity index (χ1n) is 5.75. The predicted octanol–water partition coefficient (Wildman–Crippen LogP) is 1.58. The Morgan fingerprint density at radius 3 is 2.59 bits per heavy atom. The molecular formula is C12H21ClN4. The van der Waals surface area contributed by atoms with Gasteiger partial charge >= 0.3 is 0 Å². The molecule has 0 unspecified atom stereocenters. The number of pyridine rings is 1. The SMILES string of the molecule is CN(C)CCCN(C)c1nccc(CN)c1Cl. The topological polar surface area (TPSA) is 45.4 Å². The van der Waals surface area contributed by atoms with Crippen LogP contribution < -0.4 is 10.6 Å². The van der Waals surface area contributed by atoms with E-state index in [1.165, 1.54) is 0 Å². The average Bonchev–Trinajstić information content (AvgIpc) is 2.28. The summed E-state index contributed by atoms with van der Waals surface area (Å²) in [7, 11) is 6.14. The highest BCUT2D eigenvalue weighted by molar-refractivity contribution is 6.33. The molecule has 0 saturated heterocycles. The van der Waals surface area contributed by atoms with E-state index in [1.54, 1.807) is 6.20 Å². The van der Waals surface area contributed by atoms with Crippen LogP contribution in [0.4, 0.5) is 5.82 Å². The summed E-state index contributed by atoms with van der Waals surface area (Å²) in [5.74, 6) is 0.813. The summed E-state index contributed by atoms with van der Waals surface area (Å²) in [6.45, 7) is 2.43. The number of nitrogens with two attached hydrogens (primary N) is 1. The molecule has 0 amide bonds. The zero-order valence-electron chi connectivity index (χ0n) is 10.8. The average molecular weight is 257 g/mol. The van der Waals surface area contributed by atoms with E-state index in [-0.39, 0.29) is 0 Å². The maximum atomic E-state index is 6.25.